The second-order valence-corrected chi connectivity index (χ2v) is 5.67. The van der Waals surface area contributed by atoms with Gasteiger partial charge in [-0.25, -0.2) is 4.39 Å². The second kappa shape index (κ2) is 6.43. The Hall–Kier alpha value is -0.740. The molecule has 18 heavy (non-hydrogen) atoms. The van der Waals surface area contributed by atoms with Crippen molar-refractivity contribution >= 4 is 21.7 Å². The number of Topliss-reactive ketones (excluding diaryl/α,β-unsaturated/α-hetero) is 1. The minimum atomic E-state index is -0.433. The van der Waals surface area contributed by atoms with Gasteiger partial charge in [-0.2, -0.15) is 0 Å². The zero-order chi connectivity index (χ0) is 13.0. The summed E-state index contributed by atoms with van der Waals surface area (Å²) in [7, 11) is 0. The van der Waals surface area contributed by atoms with Gasteiger partial charge in [0, 0.05) is 16.9 Å². The van der Waals surface area contributed by atoms with Crippen molar-refractivity contribution in [3.63, 3.8) is 0 Å². The summed E-state index contributed by atoms with van der Waals surface area (Å²) < 4.78 is 14.3. The van der Waals surface area contributed by atoms with E-state index in [1.54, 1.807) is 12.1 Å². The number of ketones is 1. The highest BCUT2D eigenvalue weighted by atomic mass is 79.9. The zero-order valence-corrected chi connectivity index (χ0v) is 11.8. The van der Waals surface area contributed by atoms with Crippen molar-refractivity contribution in [2.75, 3.05) is 6.54 Å². The minimum Gasteiger partial charge on any atom is -0.314 e. The van der Waals surface area contributed by atoms with Gasteiger partial charge in [0.15, 0.2) is 5.78 Å². The van der Waals surface area contributed by atoms with Gasteiger partial charge < -0.3 is 5.32 Å². The fraction of sp³-hybridized carbons (Fsp3) is 0.500. The number of rotatable bonds is 3. The van der Waals surface area contributed by atoms with E-state index in [0.717, 1.165) is 30.3 Å². The minimum absolute atomic E-state index is 0.117. The van der Waals surface area contributed by atoms with Crippen LogP contribution < -0.4 is 5.32 Å². The standard InChI is InChI=1S/C14H17BrFNO/c15-10-5-6-13(16)12(8-10)14(18)9-11-4-2-1-3-7-17-11/h5-6,8,11,17H,1-4,7,9H2. The summed E-state index contributed by atoms with van der Waals surface area (Å²) in [6.07, 6.45) is 4.90. The van der Waals surface area contributed by atoms with Gasteiger partial charge in [0.05, 0.1) is 5.56 Å². The third-order valence-electron chi connectivity index (χ3n) is 3.32. The second-order valence-electron chi connectivity index (χ2n) is 4.75. The predicted octanol–water partition coefficient (Wildman–Crippen LogP) is 3.69. The molecule has 4 heteroatoms. The van der Waals surface area contributed by atoms with Crippen LogP contribution in [0.4, 0.5) is 4.39 Å². The van der Waals surface area contributed by atoms with E-state index >= 15 is 0 Å². The van der Waals surface area contributed by atoms with E-state index in [-0.39, 0.29) is 17.4 Å². The van der Waals surface area contributed by atoms with Gasteiger partial charge >= 0.3 is 0 Å². The predicted molar refractivity (Wildman–Crippen MR) is 73.3 cm³/mol. The Labute approximate surface area is 115 Å². The van der Waals surface area contributed by atoms with Crippen LogP contribution in [0, 0.1) is 5.82 Å². The van der Waals surface area contributed by atoms with Crippen LogP contribution in [0.15, 0.2) is 22.7 Å². The van der Waals surface area contributed by atoms with Gasteiger partial charge in [-0.1, -0.05) is 28.8 Å². The number of hydrogen-bond acceptors (Lipinski definition) is 2. The maximum Gasteiger partial charge on any atom is 0.167 e. The number of benzene rings is 1. The monoisotopic (exact) mass is 313 g/mol. The summed E-state index contributed by atoms with van der Waals surface area (Å²) in [5.41, 5.74) is 0.190. The Morgan fingerprint density at radius 1 is 1.39 bits per heavy atom. The molecule has 1 unspecified atom stereocenters. The summed E-state index contributed by atoms with van der Waals surface area (Å²) in [6.45, 7) is 0.957. The SMILES string of the molecule is O=C(CC1CCCCCN1)c1cc(Br)ccc1F. The summed E-state index contributed by atoms with van der Waals surface area (Å²) in [4.78, 5) is 12.1. The van der Waals surface area contributed by atoms with Gasteiger partial charge in [0.25, 0.3) is 0 Å². The average Bonchev–Trinajstić information content (AvgIpc) is 2.61. The van der Waals surface area contributed by atoms with Crippen LogP contribution in [0.2, 0.25) is 0 Å². The lowest BCUT2D eigenvalue weighted by molar-refractivity contribution is 0.0964. The highest BCUT2D eigenvalue weighted by Gasteiger charge is 2.19. The maximum absolute atomic E-state index is 13.6. The molecule has 2 rings (SSSR count). The molecule has 0 aliphatic carbocycles. The lowest BCUT2D eigenvalue weighted by Crippen LogP contribution is -2.30. The Morgan fingerprint density at radius 2 is 2.22 bits per heavy atom. The number of carbonyl (C=O) groups is 1. The molecule has 0 spiro atoms. The fourth-order valence-corrected chi connectivity index (χ4v) is 2.68. The lowest BCUT2D eigenvalue weighted by atomic mass is 10.0. The van der Waals surface area contributed by atoms with Crippen molar-refractivity contribution in [2.45, 2.75) is 38.1 Å². The van der Waals surface area contributed by atoms with E-state index in [9.17, 15) is 9.18 Å². The molecular weight excluding hydrogens is 297 g/mol. The molecular formula is C14H17BrFNO. The fourth-order valence-electron chi connectivity index (χ4n) is 2.32. The molecule has 1 heterocycles. The van der Waals surface area contributed by atoms with Crippen molar-refractivity contribution in [3.8, 4) is 0 Å². The molecule has 1 saturated heterocycles. The molecule has 1 aromatic carbocycles. The van der Waals surface area contributed by atoms with Crippen LogP contribution in [0.1, 0.15) is 42.5 Å². The largest absolute Gasteiger partial charge is 0.314 e. The number of hydrogen-bond donors (Lipinski definition) is 1. The molecule has 1 aromatic rings. The van der Waals surface area contributed by atoms with Gasteiger partial charge in [0.2, 0.25) is 0 Å². The van der Waals surface area contributed by atoms with Crippen molar-refractivity contribution in [1.82, 2.24) is 5.32 Å². The van der Waals surface area contributed by atoms with Crippen LogP contribution >= 0.6 is 15.9 Å². The third kappa shape index (κ3) is 3.62. The molecule has 98 valence electrons. The van der Waals surface area contributed by atoms with Crippen molar-refractivity contribution < 1.29 is 9.18 Å². The Kier molecular flexibility index (Phi) is 4.89. The normalized spacial score (nSPS) is 20.4. The van der Waals surface area contributed by atoms with Gasteiger partial charge in [-0.3, -0.25) is 4.79 Å². The van der Waals surface area contributed by atoms with Gasteiger partial charge in [0.1, 0.15) is 5.82 Å². The number of nitrogens with one attached hydrogen (secondary N) is 1. The molecule has 1 atom stereocenters. The highest BCUT2D eigenvalue weighted by molar-refractivity contribution is 9.10. The molecule has 1 N–H and O–H groups in total. The first-order valence-electron chi connectivity index (χ1n) is 6.38. The molecule has 0 bridgehead atoms. The zero-order valence-electron chi connectivity index (χ0n) is 10.2. The van der Waals surface area contributed by atoms with Crippen LogP contribution in [-0.4, -0.2) is 18.4 Å². The molecule has 0 amide bonds. The van der Waals surface area contributed by atoms with Crippen LogP contribution in [0.3, 0.4) is 0 Å². The summed E-state index contributed by atoms with van der Waals surface area (Å²) in [5, 5.41) is 3.36. The van der Waals surface area contributed by atoms with E-state index in [4.69, 9.17) is 0 Å². The molecule has 2 nitrogen and oxygen atoms in total. The Morgan fingerprint density at radius 3 is 3.06 bits per heavy atom. The summed E-state index contributed by atoms with van der Waals surface area (Å²) >= 11 is 3.27. The molecule has 0 radical (unpaired) electrons. The third-order valence-corrected chi connectivity index (χ3v) is 3.82. The van der Waals surface area contributed by atoms with Gasteiger partial charge in [-0.05, 0) is 37.6 Å². The Balaban J connectivity index is 2.04. The van der Waals surface area contributed by atoms with Crippen molar-refractivity contribution in [3.05, 3.63) is 34.1 Å². The first-order chi connectivity index (χ1) is 8.66. The average molecular weight is 314 g/mol. The Bertz CT molecular complexity index is 428. The molecule has 0 saturated carbocycles. The van der Waals surface area contributed by atoms with E-state index in [1.807, 2.05) is 0 Å². The van der Waals surface area contributed by atoms with Crippen LogP contribution in [0.5, 0.6) is 0 Å². The first-order valence-corrected chi connectivity index (χ1v) is 7.18. The van der Waals surface area contributed by atoms with Crippen molar-refractivity contribution in [1.29, 1.82) is 0 Å². The molecule has 1 aliphatic rings. The molecule has 0 aromatic heterocycles. The quantitative estimate of drug-likeness (QED) is 0.862. The number of carbonyl (C=O) groups excluding carboxylic acids is 1. The highest BCUT2D eigenvalue weighted by Crippen LogP contribution is 2.19. The topological polar surface area (TPSA) is 29.1 Å². The van der Waals surface area contributed by atoms with E-state index in [1.165, 1.54) is 12.5 Å². The van der Waals surface area contributed by atoms with Crippen LogP contribution in [-0.2, 0) is 0 Å². The van der Waals surface area contributed by atoms with E-state index in [2.05, 4.69) is 21.2 Å². The van der Waals surface area contributed by atoms with E-state index < -0.39 is 5.82 Å². The summed E-state index contributed by atoms with van der Waals surface area (Å²) in [6, 6.07) is 4.70. The lowest BCUT2D eigenvalue weighted by Gasteiger charge is -2.15. The summed E-state index contributed by atoms with van der Waals surface area (Å²) in [5.74, 6) is -0.551. The first kappa shape index (κ1) is 13.7. The van der Waals surface area contributed by atoms with Gasteiger partial charge in [-0.15, -0.1) is 0 Å². The molecule has 1 aliphatic heterocycles. The van der Waals surface area contributed by atoms with Crippen molar-refractivity contribution in [2.24, 2.45) is 0 Å². The molecule has 1 fully saturated rings. The van der Waals surface area contributed by atoms with E-state index in [0.29, 0.717) is 6.42 Å². The smallest absolute Gasteiger partial charge is 0.167 e. The number of halogens is 2. The maximum atomic E-state index is 13.6. The van der Waals surface area contributed by atoms with Crippen LogP contribution in [0.25, 0.3) is 0 Å².